The second-order valence-electron chi connectivity index (χ2n) is 3.93. The lowest BCUT2D eigenvalue weighted by Crippen LogP contribution is -2.06. The normalized spacial score (nSPS) is 10.7. The number of hydrogen-bond donors (Lipinski definition) is 1. The highest BCUT2D eigenvalue weighted by Gasteiger charge is 2.12. The molecular formula is C14H12BrCl2N. The molecule has 2 rings (SSSR count). The van der Waals surface area contributed by atoms with Gasteiger partial charge in [-0.3, -0.25) is 0 Å². The zero-order valence-corrected chi connectivity index (χ0v) is 12.9. The molecule has 94 valence electrons. The molecule has 0 saturated carbocycles. The number of rotatable bonds is 3. The monoisotopic (exact) mass is 343 g/mol. The van der Waals surface area contributed by atoms with Gasteiger partial charge in [-0.05, 0) is 42.4 Å². The molecule has 0 aromatic heterocycles. The van der Waals surface area contributed by atoms with Crippen molar-refractivity contribution < 1.29 is 0 Å². The highest BCUT2D eigenvalue weighted by atomic mass is 79.9. The molecule has 0 radical (unpaired) electrons. The Morgan fingerprint density at radius 3 is 2.61 bits per heavy atom. The lowest BCUT2D eigenvalue weighted by Gasteiger charge is -2.13. The van der Waals surface area contributed by atoms with Crippen molar-refractivity contribution in [2.24, 2.45) is 0 Å². The Kier molecular flexibility index (Phi) is 4.68. The second kappa shape index (κ2) is 6.07. The molecule has 0 saturated heterocycles. The van der Waals surface area contributed by atoms with E-state index in [0.29, 0.717) is 0 Å². The van der Waals surface area contributed by atoms with E-state index in [9.17, 15) is 0 Å². The fourth-order valence-electron chi connectivity index (χ4n) is 1.90. The second-order valence-corrected chi connectivity index (χ2v) is 5.63. The zero-order chi connectivity index (χ0) is 13.1. The summed E-state index contributed by atoms with van der Waals surface area (Å²) in [4.78, 5) is 0. The predicted molar refractivity (Wildman–Crippen MR) is 82.4 cm³/mol. The van der Waals surface area contributed by atoms with Crippen LogP contribution in [-0.2, 0) is 6.54 Å². The molecule has 2 aromatic rings. The van der Waals surface area contributed by atoms with E-state index in [2.05, 4.69) is 21.2 Å². The van der Waals surface area contributed by atoms with Gasteiger partial charge < -0.3 is 5.32 Å². The molecule has 0 unspecified atom stereocenters. The summed E-state index contributed by atoms with van der Waals surface area (Å²) in [5.41, 5.74) is 3.21. The molecule has 0 atom stereocenters. The molecule has 0 bridgehead atoms. The van der Waals surface area contributed by atoms with Crippen molar-refractivity contribution in [2.45, 2.75) is 6.54 Å². The molecule has 1 N–H and O–H groups in total. The van der Waals surface area contributed by atoms with Crippen LogP contribution in [0.4, 0.5) is 0 Å². The fraction of sp³-hybridized carbons (Fsp3) is 0.143. The Morgan fingerprint density at radius 2 is 1.94 bits per heavy atom. The van der Waals surface area contributed by atoms with Crippen molar-refractivity contribution in [2.75, 3.05) is 7.05 Å². The van der Waals surface area contributed by atoms with Gasteiger partial charge in [-0.25, -0.2) is 0 Å². The highest BCUT2D eigenvalue weighted by molar-refractivity contribution is 9.10. The van der Waals surface area contributed by atoms with Gasteiger partial charge in [0.05, 0.1) is 0 Å². The summed E-state index contributed by atoms with van der Waals surface area (Å²) in [5, 5.41) is 4.60. The van der Waals surface area contributed by atoms with Gasteiger partial charge in [-0.1, -0.05) is 51.3 Å². The maximum Gasteiger partial charge on any atom is 0.0495 e. The third-order valence-corrected chi connectivity index (χ3v) is 3.88. The molecule has 1 nitrogen and oxygen atoms in total. The largest absolute Gasteiger partial charge is 0.316 e. The van der Waals surface area contributed by atoms with Crippen LogP contribution in [0.2, 0.25) is 10.0 Å². The van der Waals surface area contributed by atoms with E-state index in [1.54, 1.807) is 0 Å². The van der Waals surface area contributed by atoms with E-state index in [1.165, 1.54) is 0 Å². The molecular weight excluding hydrogens is 333 g/mol. The molecule has 0 amide bonds. The summed E-state index contributed by atoms with van der Waals surface area (Å²) in [5.74, 6) is 0. The van der Waals surface area contributed by atoms with Crippen LogP contribution in [0.5, 0.6) is 0 Å². The Hall–Kier alpha value is -0.540. The lowest BCUT2D eigenvalue weighted by molar-refractivity contribution is 0.819. The van der Waals surface area contributed by atoms with E-state index in [0.717, 1.165) is 37.8 Å². The SMILES string of the molecule is CNCc1cc(Cl)ccc1-c1c(Cl)cccc1Br. The third-order valence-electron chi connectivity index (χ3n) is 2.67. The summed E-state index contributed by atoms with van der Waals surface area (Å²) in [6, 6.07) is 11.6. The predicted octanol–water partition coefficient (Wildman–Crippen LogP) is 5.14. The first-order valence-corrected chi connectivity index (χ1v) is 7.06. The molecule has 2 aromatic carbocycles. The Bertz CT molecular complexity index is 549. The number of hydrogen-bond acceptors (Lipinski definition) is 1. The fourth-order valence-corrected chi connectivity index (χ4v) is 3.06. The minimum absolute atomic E-state index is 0.726. The molecule has 0 heterocycles. The standard InChI is InChI=1S/C14H12BrCl2N/c1-18-8-9-7-10(16)5-6-11(9)14-12(15)3-2-4-13(14)17/h2-7,18H,8H2,1H3. The van der Waals surface area contributed by atoms with Gasteiger partial charge in [0.15, 0.2) is 0 Å². The summed E-state index contributed by atoms with van der Waals surface area (Å²) >= 11 is 15.9. The van der Waals surface area contributed by atoms with Crippen molar-refractivity contribution in [3.05, 3.63) is 56.5 Å². The average molecular weight is 345 g/mol. The first kappa shape index (κ1) is 13.9. The van der Waals surface area contributed by atoms with Crippen molar-refractivity contribution in [1.82, 2.24) is 5.32 Å². The average Bonchev–Trinajstić information content (AvgIpc) is 2.32. The Balaban J connectivity index is 2.63. The van der Waals surface area contributed by atoms with Gasteiger partial charge in [0.25, 0.3) is 0 Å². The van der Waals surface area contributed by atoms with Crippen LogP contribution in [-0.4, -0.2) is 7.05 Å². The smallest absolute Gasteiger partial charge is 0.0495 e. The third kappa shape index (κ3) is 2.89. The molecule has 0 aliphatic heterocycles. The Morgan fingerprint density at radius 1 is 1.17 bits per heavy atom. The first-order valence-electron chi connectivity index (χ1n) is 5.51. The first-order chi connectivity index (χ1) is 8.63. The van der Waals surface area contributed by atoms with E-state index in [4.69, 9.17) is 23.2 Å². The van der Waals surface area contributed by atoms with Crippen LogP contribution < -0.4 is 5.32 Å². The van der Waals surface area contributed by atoms with Crippen LogP contribution >= 0.6 is 39.1 Å². The molecule has 4 heteroatoms. The van der Waals surface area contributed by atoms with Crippen LogP contribution in [0, 0.1) is 0 Å². The van der Waals surface area contributed by atoms with Crippen molar-refractivity contribution in [1.29, 1.82) is 0 Å². The topological polar surface area (TPSA) is 12.0 Å². The van der Waals surface area contributed by atoms with E-state index >= 15 is 0 Å². The van der Waals surface area contributed by atoms with Crippen LogP contribution in [0.1, 0.15) is 5.56 Å². The number of nitrogens with one attached hydrogen (secondary N) is 1. The van der Waals surface area contributed by atoms with Gasteiger partial charge >= 0.3 is 0 Å². The highest BCUT2D eigenvalue weighted by Crippen LogP contribution is 2.37. The molecule has 0 fully saturated rings. The van der Waals surface area contributed by atoms with Crippen LogP contribution in [0.3, 0.4) is 0 Å². The van der Waals surface area contributed by atoms with Crippen molar-refractivity contribution in [3.8, 4) is 11.1 Å². The maximum atomic E-state index is 6.29. The number of halogens is 3. The minimum Gasteiger partial charge on any atom is -0.316 e. The van der Waals surface area contributed by atoms with Gasteiger partial charge in [0, 0.05) is 26.6 Å². The maximum absolute atomic E-state index is 6.29. The Labute approximate surface area is 125 Å². The summed E-state index contributed by atoms with van der Waals surface area (Å²) in [6.07, 6.45) is 0. The number of benzene rings is 2. The van der Waals surface area contributed by atoms with E-state index < -0.39 is 0 Å². The van der Waals surface area contributed by atoms with Gasteiger partial charge in [-0.2, -0.15) is 0 Å². The minimum atomic E-state index is 0.726. The lowest BCUT2D eigenvalue weighted by atomic mass is 9.99. The molecule has 0 aliphatic carbocycles. The van der Waals surface area contributed by atoms with Gasteiger partial charge in [-0.15, -0.1) is 0 Å². The summed E-state index contributed by atoms with van der Waals surface area (Å²) in [6.45, 7) is 0.744. The van der Waals surface area contributed by atoms with Crippen LogP contribution in [0.15, 0.2) is 40.9 Å². The van der Waals surface area contributed by atoms with Crippen molar-refractivity contribution >= 4 is 39.1 Å². The summed E-state index contributed by atoms with van der Waals surface area (Å²) in [7, 11) is 1.91. The van der Waals surface area contributed by atoms with Crippen molar-refractivity contribution in [3.63, 3.8) is 0 Å². The van der Waals surface area contributed by atoms with Gasteiger partial charge in [0.1, 0.15) is 0 Å². The van der Waals surface area contributed by atoms with E-state index in [-0.39, 0.29) is 0 Å². The quantitative estimate of drug-likeness (QED) is 0.812. The molecule has 0 aliphatic rings. The van der Waals surface area contributed by atoms with Gasteiger partial charge in [0.2, 0.25) is 0 Å². The summed E-state index contributed by atoms with van der Waals surface area (Å²) < 4.78 is 0.981. The molecule has 0 spiro atoms. The van der Waals surface area contributed by atoms with Crippen LogP contribution in [0.25, 0.3) is 11.1 Å². The van der Waals surface area contributed by atoms with E-state index in [1.807, 2.05) is 43.4 Å². The molecule has 18 heavy (non-hydrogen) atoms. The zero-order valence-electron chi connectivity index (χ0n) is 9.81.